The SMILES string of the molecule is COCC(C)n1c(SCC(=O)NC(=O)NC(C)C)nc2ccccc2c1=O. The van der Waals surface area contributed by atoms with Crippen molar-refractivity contribution in [3.05, 3.63) is 34.6 Å². The summed E-state index contributed by atoms with van der Waals surface area (Å²) in [5.74, 6) is -0.512. The Morgan fingerprint density at radius 2 is 1.96 bits per heavy atom. The first kappa shape index (κ1) is 20.9. The van der Waals surface area contributed by atoms with Crippen LogP contribution in [0.4, 0.5) is 4.79 Å². The first-order chi connectivity index (χ1) is 12.8. The van der Waals surface area contributed by atoms with Crippen molar-refractivity contribution >= 4 is 34.6 Å². The Hall–Kier alpha value is -2.39. The van der Waals surface area contributed by atoms with Gasteiger partial charge in [0.05, 0.1) is 29.3 Å². The third-order valence-electron chi connectivity index (χ3n) is 3.63. The number of urea groups is 1. The maximum Gasteiger partial charge on any atom is 0.321 e. The number of para-hydroxylation sites is 1. The zero-order valence-corrected chi connectivity index (χ0v) is 16.6. The first-order valence-corrected chi connectivity index (χ1v) is 9.55. The molecule has 146 valence electrons. The summed E-state index contributed by atoms with van der Waals surface area (Å²) < 4.78 is 6.69. The number of thioether (sulfide) groups is 1. The number of hydrogen-bond donors (Lipinski definition) is 2. The number of carbonyl (C=O) groups is 2. The van der Waals surface area contributed by atoms with Crippen LogP contribution in [0.1, 0.15) is 26.8 Å². The normalized spacial score (nSPS) is 12.2. The lowest BCUT2D eigenvalue weighted by molar-refractivity contribution is -0.117. The Bertz CT molecular complexity index is 881. The second-order valence-electron chi connectivity index (χ2n) is 6.36. The van der Waals surface area contributed by atoms with Crippen LogP contribution in [0.3, 0.4) is 0 Å². The molecule has 0 aliphatic carbocycles. The number of rotatable bonds is 7. The molecule has 3 amide bonds. The highest BCUT2D eigenvalue weighted by atomic mass is 32.2. The van der Waals surface area contributed by atoms with Gasteiger partial charge < -0.3 is 10.1 Å². The minimum Gasteiger partial charge on any atom is -0.383 e. The van der Waals surface area contributed by atoms with E-state index in [1.165, 1.54) is 4.57 Å². The minimum atomic E-state index is -0.549. The lowest BCUT2D eigenvalue weighted by Crippen LogP contribution is -2.43. The van der Waals surface area contributed by atoms with Crippen molar-refractivity contribution in [1.29, 1.82) is 0 Å². The van der Waals surface area contributed by atoms with E-state index in [9.17, 15) is 14.4 Å². The number of nitrogens with zero attached hydrogens (tertiary/aromatic N) is 2. The van der Waals surface area contributed by atoms with E-state index >= 15 is 0 Å². The molecule has 1 unspecified atom stereocenters. The van der Waals surface area contributed by atoms with E-state index in [0.29, 0.717) is 22.7 Å². The Morgan fingerprint density at radius 3 is 2.63 bits per heavy atom. The number of carbonyl (C=O) groups excluding carboxylic acids is 2. The summed E-state index contributed by atoms with van der Waals surface area (Å²) in [6.45, 7) is 5.78. The van der Waals surface area contributed by atoms with Gasteiger partial charge in [0.2, 0.25) is 5.91 Å². The number of ether oxygens (including phenoxy) is 1. The molecule has 2 rings (SSSR count). The Kier molecular flexibility index (Phi) is 7.37. The van der Waals surface area contributed by atoms with Crippen LogP contribution in [0.2, 0.25) is 0 Å². The van der Waals surface area contributed by atoms with Gasteiger partial charge >= 0.3 is 6.03 Å². The quantitative estimate of drug-likeness (QED) is 0.551. The van der Waals surface area contributed by atoms with Gasteiger partial charge in [0.1, 0.15) is 0 Å². The lowest BCUT2D eigenvalue weighted by Gasteiger charge is -2.18. The number of benzene rings is 1. The molecule has 1 heterocycles. The molecule has 9 heteroatoms. The molecule has 0 fully saturated rings. The molecule has 1 aromatic heterocycles. The lowest BCUT2D eigenvalue weighted by atomic mass is 10.2. The number of nitrogens with one attached hydrogen (secondary N) is 2. The maximum atomic E-state index is 12.9. The molecule has 27 heavy (non-hydrogen) atoms. The van der Waals surface area contributed by atoms with Gasteiger partial charge in [-0.1, -0.05) is 23.9 Å². The molecule has 1 aromatic carbocycles. The molecule has 0 bridgehead atoms. The molecule has 0 saturated heterocycles. The summed E-state index contributed by atoms with van der Waals surface area (Å²) in [7, 11) is 1.56. The summed E-state index contributed by atoms with van der Waals surface area (Å²) in [6.07, 6.45) is 0. The number of fused-ring (bicyclic) bond motifs is 1. The van der Waals surface area contributed by atoms with Gasteiger partial charge in [-0.05, 0) is 32.9 Å². The van der Waals surface area contributed by atoms with Gasteiger partial charge in [0, 0.05) is 13.2 Å². The largest absolute Gasteiger partial charge is 0.383 e. The van der Waals surface area contributed by atoms with E-state index in [0.717, 1.165) is 11.8 Å². The van der Waals surface area contributed by atoms with Crippen molar-refractivity contribution in [3.63, 3.8) is 0 Å². The molecule has 2 N–H and O–H groups in total. The van der Waals surface area contributed by atoms with E-state index in [4.69, 9.17) is 4.74 Å². The van der Waals surface area contributed by atoms with E-state index in [1.807, 2.05) is 6.92 Å². The van der Waals surface area contributed by atoms with Gasteiger partial charge in [-0.3, -0.25) is 19.5 Å². The Labute approximate surface area is 161 Å². The van der Waals surface area contributed by atoms with Crippen molar-refractivity contribution < 1.29 is 14.3 Å². The third kappa shape index (κ3) is 5.54. The fourth-order valence-electron chi connectivity index (χ4n) is 2.52. The maximum absolute atomic E-state index is 12.9. The topological polar surface area (TPSA) is 102 Å². The van der Waals surface area contributed by atoms with Crippen molar-refractivity contribution in [2.75, 3.05) is 19.5 Å². The van der Waals surface area contributed by atoms with Crippen LogP contribution in [-0.4, -0.2) is 47.0 Å². The molecular formula is C18H24N4O4S. The highest BCUT2D eigenvalue weighted by Gasteiger charge is 2.18. The summed E-state index contributed by atoms with van der Waals surface area (Å²) >= 11 is 1.10. The Morgan fingerprint density at radius 1 is 1.26 bits per heavy atom. The highest BCUT2D eigenvalue weighted by molar-refractivity contribution is 7.99. The fraction of sp³-hybridized carbons (Fsp3) is 0.444. The second kappa shape index (κ2) is 9.52. The van der Waals surface area contributed by atoms with Crippen LogP contribution in [-0.2, 0) is 9.53 Å². The molecule has 1 atom stereocenters. The smallest absolute Gasteiger partial charge is 0.321 e. The van der Waals surface area contributed by atoms with E-state index in [1.54, 1.807) is 45.2 Å². The number of aromatic nitrogens is 2. The predicted molar refractivity (Wildman–Crippen MR) is 105 cm³/mol. The average molecular weight is 392 g/mol. The van der Waals surface area contributed by atoms with Crippen LogP contribution in [0.5, 0.6) is 0 Å². The van der Waals surface area contributed by atoms with Crippen molar-refractivity contribution in [2.45, 2.75) is 38.0 Å². The molecule has 0 radical (unpaired) electrons. The monoisotopic (exact) mass is 392 g/mol. The van der Waals surface area contributed by atoms with Crippen LogP contribution in [0.15, 0.2) is 34.2 Å². The van der Waals surface area contributed by atoms with Gasteiger partial charge in [-0.15, -0.1) is 0 Å². The molecule has 2 aromatic rings. The number of imide groups is 1. The van der Waals surface area contributed by atoms with Gasteiger partial charge in [0.25, 0.3) is 5.56 Å². The Balaban J connectivity index is 2.25. The number of amides is 3. The molecule has 0 saturated carbocycles. The second-order valence-corrected chi connectivity index (χ2v) is 7.30. The summed E-state index contributed by atoms with van der Waals surface area (Å²) in [5, 5.41) is 5.75. The molecule has 0 aliphatic rings. The minimum absolute atomic E-state index is 0.0456. The predicted octanol–water partition coefficient (Wildman–Crippen LogP) is 1.93. The zero-order valence-electron chi connectivity index (χ0n) is 15.8. The average Bonchev–Trinajstić information content (AvgIpc) is 2.59. The van der Waals surface area contributed by atoms with E-state index in [-0.39, 0.29) is 23.4 Å². The van der Waals surface area contributed by atoms with Crippen molar-refractivity contribution in [2.24, 2.45) is 0 Å². The van der Waals surface area contributed by atoms with Crippen molar-refractivity contribution in [3.8, 4) is 0 Å². The first-order valence-electron chi connectivity index (χ1n) is 8.56. The van der Waals surface area contributed by atoms with E-state index in [2.05, 4.69) is 15.6 Å². The third-order valence-corrected chi connectivity index (χ3v) is 4.58. The zero-order chi connectivity index (χ0) is 20.0. The number of methoxy groups -OCH3 is 1. The van der Waals surface area contributed by atoms with Crippen molar-refractivity contribution in [1.82, 2.24) is 20.2 Å². The van der Waals surface area contributed by atoms with Gasteiger partial charge in [-0.25, -0.2) is 9.78 Å². The van der Waals surface area contributed by atoms with Gasteiger partial charge in [0.15, 0.2) is 5.16 Å². The fourth-order valence-corrected chi connectivity index (χ4v) is 3.42. The van der Waals surface area contributed by atoms with E-state index < -0.39 is 11.9 Å². The molecular weight excluding hydrogens is 368 g/mol. The van der Waals surface area contributed by atoms with Crippen LogP contribution in [0, 0.1) is 0 Å². The highest BCUT2D eigenvalue weighted by Crippen LogP contribution is 2.21. The van der Waals surface area contributed by atoms with Crippen LogP contribution < -0.4 is 16.2 Å². The standard InChI is InChI=1S/C18H24N4O4S/c1-11(2)19-17(25)21-15(23)10-27-18-20-14-8-6-5-7-13(14)16(24)22(18)12(3)9-26-4/h5-8,11-12H,9-10H2,1-4H3,(H2,19,21,23,25). The van der Waals surface area contributed by atoms with Gasteiger partial charge in [-0.2, -0.15) is 0 Å². The van der Waals surface area contributed by atoms with Crippen LogP contribution in [0.25, 0.3) is 10.9 Å². The summed E-state index contributed by atoms with van der Waals surface area (Å²) in [6, 6.07) is 6.18. The number of hydrogen-bond acceptors (Lipinski definition) is 6. The summed E-state index contributed by atoms with van der Waals surface area (Å²) in [4.78, 5) is 41.1. The molecule has 0 spiro atoms. The van der Waals surface area contributed by atoms with Crippen LogP contribution >= 0.6 is 11.8 Å². The molecule has 0 aliphatic heterocycles. The molecule has 8 nitrogen and oxygen atoms in total. The summed E-state index contributed by atoms with van der Waals surface area (Å²) in [5.41, 5.74) is 0.370.